The molecule has 0 saturated heterocycles. The first-order valence-corrected chi connectivity index (χ1v) is 7.86. The normalized spacial score (nSPS) is 12.5. The van der Waals surface area contributed by atoms with E-state index >= 15 is 0 Å². The summed E-state index contributed by atoms with van der Waals surface area (Å²) in [5, 5.41) is 1.92. The van der Waals surface area contributed by atoms with E-state index in [0.717, 1.165) is 15.6 Å². The Morgan fingerprint density at radius 1 is 0.889 bits per heavy atom. The van der Waals surface area contributed by atoms with Crippen LogP contribution in [0.5, 0.6) is 0 Å². The number of hydrogen-bond donors (Lipinski definition) is 0. The van der Waals surface area contributed by atoms with Crippen LogP contribution >= 0.6 is 66.7 Å². The Morgan fingerprint density at radius 2 is 1.61 bits per heavy atom. The molecule has 2 aromatic rings. The quantitative estimate of drug-likeness (QED) is 0.456. The van der Waals surface area contributed by atoms with Crippen molar-refractivity contribution >= 4 is 66.7 Å². The average Bonchev–Trinajstić information content (AvgIpc) is 2.26. The summed E-state index contributed by atoms with van der Waals surface area (Å²) in [4.78, 5) is -0.0303. The van der Waals surface area contributed by atoms with Crippen LogP contribution in [0.25, 0.3) is 0 Å². The minimum absolute atomic E-state index is 0.0303. The molecule has 2 aromatic carbocycles. The molecule has 0 radical (unpaired) electrons. The van der Waals surface area contributed by atoms with E-state index < -0.39 is 0 Å². The van der Waals surface area contributed by atoms with Crippen molar-refractivity contribution in [2.75, 3.05) is 0 Å². The topological polar surface area (TPSA) is 0 Å². The molecule has 2 rings (SSSR count). The predicted molar refractivity (Wildman–Crippen MR) is 86.4 cm³/mol. The van der Waals surface area contributed by atoms with Gasteiger partial charge in [0.15, 0.2) is 0 Å². The molecule has 94 valence electrons. The zero-order chi connectivity index (χ0) is 13.3. The first-order valence-electron chi connectivity index (χ1n) is 5.02. The Hall–Kier alpha value is 0.270. The standard InChI is InChI=1S/C13H7Br2Cl3/c14-8-3-7(4-10(17)5-8)13(15)11-2-1-9(16)6-12(11)18/h1-6,13H. The molecule has 0 amide bonds. The Bertz CT molecular complexity index is 564. The van der Waals surface area contributed by atoms with Crippen molar-refractivity contribution in [2.45, 2.75) is 4.83 Å². The van der Waals surface area contributed by atoms with Crippen molar-refractivity contribution in [3.8, 4) is 0 Å². The average molecular weight is 429 g/mol. The Labute approximate surface area is 137 Å². The summed E-state index contributed by atoms with van der Waals surface area (Å²) < 4.78 is 0.930. The van der Waals surface area contributed by atoms with E-state index in [2.05, 4.69) is 31.9 Å². The number of hydrogen-bond acceptors (Lipinski definition) is 0. The van der Waals surface area contributed by atoms with Gasteiger partial charge in [-0.2, -0.15) is 0 Å². The van der Waals surface area contributed by atoms with Gasteiger partial charge in [0.1, 0.15) is 0 Å². The third kappa shape index (κ3) is 3.43. The van der Waals surface area contributed by atoms with Gasteiger partial charge in [0.2, 0.25) is 0 Å². The number of rotatable bonds is 2. The maximum absolute atomic E-state index is 6.19. The van der Waals surface area contributed by atoms with Crippen molar-refractivity contribution in [2.24, 2.45) is 0 Å². The van der Waals surface area contributed by atoms with Gasteiger partial charge in [0.25, 0.3) is 0 Å². The summed E-state index contributed by atoms with van der Waals surface area (Å²) >= 11 is 25.2. The zero-order valence-electron chi connectivity index (χ0n) is 8.93. The molecule has 0 aromatic heterocycles. The fraction of sp³-hybridized carbons (Fsp3) is 0.0769. The monoisotopic (exact) mass is 426 g/mol. The van der Waals surface area contributed by atoms with Crippen molar-refractivity contribution in [1.29, 1.82) is 0 Å². The summed E-state index contributed by atoms with van der Waals surface area (Å²) in [5.74, 6) is 0. The lowest BCUT2D eigenvalue weighted by Crippen LogP contribution is -1.94. The van der Waals surface area contributed by atoms with Crippen LogP contribution in [0.4, 0.5) is 0 Å². The van der Waals surface area contributed by atoms with Crippen LogP contribution in [0.1, 0.15) is 16.0 Å². The maximum Gasteiger partial charge on any atom is 0.0660 e. The Balaban J connectivity index is 2.44. The fourth-order valence-corrected chi connectivity index (χ4v) is 3.81. The van der Waals surface area contributed by atoms with Crippen LogP contribution in [0.3, 0.4) is 0 Å². The van der Waals surface area contributed by atoms with Crippen molar-refractivity contribution in [3.05, 3.63) is 67.1 Å². The summed E-state index contributed by atoms with van der Waals surface area (Å²) in [5.41, 5.74) is 1.98. The molecule has 0 aliphatic rings. The van der Waals surface area contributed by atoms with E-state index in [4.69, 9.17) is 34.8 Å². The van der Waals surface area contributed by atoms with E-state index in [1.54, 1.807) is 6.07 Å². The second-order valence-corrected chi connectivity index (χ2v) is 6.84. The molecule has 1 unspecified atom stereocenters. The van der Waals surface area contributed by atoms with E-state index in [1.165, 1.54) is 0 Å². The molecule has 0 nitrogen and oxygen atoms in total. The summed E-state index contributed by atoms with van der Waals surface area (Å²) in [7, 11) is 0. The van der Waals surface area contributed by atoms with Crippen LogP contribution in [0, 0.1) is 0 Å². The van der Waals surface area contributed by atoms with Crippen molar-refractivity contribution < 1.29 is 0 Å². The third-order valence-electron chi connectivity index (χ3n) is 2.41. The lowest BCUT2D eigenvalue weighted by atomic mass is 10.0. The van der Waals surface area contributed by atoms with Crippen LogP contribution in [0.15, 0.2) is 40.9 Å². The SMILES string of the molecule is Clc1cc(Br)cc(C(Br)c2ccc(Cl)cc2Cl)c1. The van der Waals surface area contributed by atoms with Crippen LogP contribution in [-0.2, 0) is 0 Å². The van der Waals surface area contributed by atoms with Crippen LogP contribution < -0.4 is 0 Å². The van der Waals surface area contributed by atoms with E-state index in [-0.39, 0.29) is 4.83 Å². The molecule has 0 aliphatic carbocycles. The molecule has 0 fully saturated rings. The van der Waals surface area contributed by atoms with Gasteiger partial charge in [0, 0.05) is 19.5 Å². The summed E-state index contributed by atoms with van der Waals surface area (Å²) in [6, 6.07) is 11.2. The maximum atomic E-state index is 6.19. The lowest BCUT2D eigenvalue weighted by Gasteiger charge is -2.13. The first-order chi connectivity index (χ1) is 8.47. The predicted octanol–water partition coefficient (Wildman–Crippen LogP) is 6.89. The summed E-state index contributed by atoms with van der Waals surface area (Å²) in [6.45, 7) is 0. The smallest absolute Gasteiger partial charge is 0.0660 e. The van der Waals surface area contributed by atoms with Crippen molar-refractivity contribution in [1.82, 2.24) is 0 Å². The van der Waals surface area contributed by atoms with Crippen LogP contribution in [-0.4, -0.2) is 0 Å². The molecule has 1 atom stereocenters. The van der Waals surface area contributed by atoms with Gasteiger partial charge in [-0.15, -0.1) is 0 Å². The van der Waals surface area contributed by atoms with Gasteiger partial charge in [-0.25, -0.2) is 0 Å². The van der Waals surface area contributed by atoms with Gasteiger partial charge in [0.05, 0.1) is 4.83 Å². The zero-order valence-corrected chi connectivity index (χ0v) is 14.4. The summed E-state index contributed by atoms with van der Waals surface area (Å²) in [6.07, 6.45) is 0. The second-order valence-electron chi connectivity index (χ2n) is 3.73. The third-order valence-corrected chi connectivity index (χ3v) is 4.67. The van der Waals surface area contributed by atoms with Crippen LogP contribution in [0.2, 0.25) is 15.1 Å². The molecule has 5 heteroatoms. The first kappa shape index (κ1) is 14.7. The molecule has 0 heterocycles. The highest BCUT2D eigenvalue weighted by Crippen LogP contribution is 2.38. The minimum atomic E-state index is -0.0303. The number of benzene rings is 2. The minimum Gasteiger partial charge on any atom is -0.0843 e. The van der Waals surface area contributed by atoms with Gasteiger partial charge in [-0.3, -0.25) is 0 Å². The molecule has 0 saturated carbocycles. The second kappa shape index (κ2) is 6.15. The molecule has 0 bridgehead atoms. The van der Waals surface area contributed by atoms with E-state index in [0.29, 0.717) is 15.1 Å². The lowest BCUT2D eigenvalue weighted by molar-refractivity contribution is 1.17. The Morgan fingerprint density at radius 3 is 2.22 bits per heavy atom. The largest absolute Gasteiger partial charge is 0.0843 e. The van der Waals surface area contributed by atoms with Gasteiger partial charge in [-0.1, -0.05) is 72.7 Å². The highest BCUT2D eigenvalue weighted by molar-refractivity contribution is 9.10. The van der Waals surface area contributed by atoms with Gasteiger partial charge < -0.3 is 0 Å². The molecule has 0 aliphatic heterocycles. The van der Waals surface area contributed by atoms with E-state index in [1.807, 2.05) is 30.3 Å². The Kier molecular flexibility index (Phi) is 5.01. The fourth-order valence-electron chi connectivity index (χ4n) is 1.61. The highest BCUT2D eigenvalue weighted by Gasteiger charge is 2.15. The molecule has 0 N–H and O–H groups in total. The van der Waals surface area contributed by atoms with Crippen molar-refractivity contribution in [3.63, 3.8) is 0 Å². The molecular formula is C13H7Br2Cl3. The van der Waals surface area contributed by atoms with Gasteiger partial charge >= 0.3 is 0 Å². The number of halogens is 5. The molecule has 0 spiro atoms. The van der Waals surface area contributed by atoms with E-state index in [9.17, 15) is 0 Å². The highest BCUT2D eigenvalue weighted by atomic mass is 79.9. The number of alkyl halides is 1. The molecule has 18 heavy (non-hydrogen) atoms. The van der Waals surface area contributed by atoms with Gasteiger partial charge in [-0.05, 0) is 41.5 Å². The molecular weight excluding hydrogens is 422 g/mol.